The molecule has 9 heteroatoms. The van der Waals surface area contributed by atoms with Gasteiger partial charge in [-0.1, -0.05) is 47.0 Å². The van der Waals surface area contributed by atoms with Crippen molar-refractivity contribution in [2.24, 2.45) is 5.73 Å². The van der Waals surface area contributed by atoms with Gasteiger partial charge in [-0.05, 0) is 31.2 Å². The summed E-state index contributed by atoms with van der Waals surface area (Å²) in [4.78, 5) is 22.9. The number of benzene rings is 1. The van der Waals surface area contributed by atoms with Gasteiger partial charge in [0.1, 0.15) is 0 Å². The largest absolute Gasteiger partial charge is 0.366 e. The van der Waals surface area contributed by atoms with Crippen LogP contribution >= 0.6 is 34.9 Å². The lowest BCUT2D eigenvalue weighted by molar-refractivity contribution is -0.113. The number of nitrogens with two attached hydrogens (primary N) is 1. The van der Waals surface area contributed by atoms with E-state index >= 15 is 0 Å². The van der Waals surface area contributed by atoms with E-state index in [9.17, 15) is 9.59 Å². The standard InChI is InChI=1S/C15H16N4O2S3/c1-9(2)7-22-14-18-19-15(24-14)23-8-12(20)17-11-5-3-10(4-6-11)13(16)21/h3-6H,1,7-8H2,2H3,(H2,16,21)(H,17,20). The predicted octanol–water partition coefficient (Wildman–Crippen LogP) is 3.04. The average Bonchev–Trinajstić information content (AvgIpc) is 2.99. The molecule has 2 aromatic rings. The number of aromatic nitrogens is 2. The molecule has 0 unspecified atom stereocenters. The molecule has 2 amide bonds. The van der Waals surface area contributed by atoms with Gasteiger partial charge in [-0.15, -0.1) is 10.2 Å². The van der Waals surface area contributed by atoms with Gasteiger partial charge in [-0.3, -0.25) is 9.59 Å². The summed E-state index contributed by atoms with van der Waals surface area (Å²) in [6.45, 7) is 5.81. The number of carbonyl (C=O) groups is 2. The molecule has 0 saturated heterocycles. The Hall–Kier alpha value is -1.84. The molecule has 0 fully saturated rings. The average molecular weight is 381 g/mol. The maximum Gasteiger partial charge on any atom is 0.248 e. The first-order valence-corrected chi connectivity index (χ1v) is 9.66. The van der Waals surface area contributed by atoms with Crippen molar-refractivity contribution in [3.05, 3.63) is 42.0 Å². The van der Waals surface area contributed by atoms with Gasteiger partial charge in [0.15, 0.2) is 8.68 Å². The molecule has 126 valence electrons. The predicted molar refractivity (Wildman–Crippen MR) is 99.8 cm³/mol. The van der Waals surface area contributed by atoms with E-state index in [0.29, 0.717) is 11.3 Å². The van der Waals surface area contributed by atoms with Crippen LogP contribution in [0.2, 0.25) is 0 Å². The van der Waals surface area contributed by atoms with Crippen LogP contribution < -0.4 is 11.1 Å². The van der Waals surface area contributed by atoms with E-state index < -0.39 is 5.91 Å². The lowest BCUT2D eigenvalue weighted by Gasteiger charge is -2.04. The summed E-state index contributed by atoms with van der Waals surface area (Å²) in [6, 6.07) is 6.42. The maximum absolute atomic E-state index is 11.9. The molecule has 0 spiro atoms. The first-order valence-electron chi connectivity index (χ1n) is 6.87. The summed E-state index contributed by atoms with van der Waals surface area (Å²) >= 11 is 4.38. The number of thioether (sulfide) groups is 2. The summed E-state index contributed by atoms with van der Waals surface area (Å²) < 4.78 is 1.61. The van der Waals surface area contributed by atoms with Crippen LogP contribution in [0.5, 0.6) is 0 Å². The molecule has 1 aromatic heterocycles. The fraction of sp³-hybridized carbons (Fsp3) is 0.200. The summed E-state index contributed by atoms with van der Waals surface area (Å²) in [5.41, 5.74) is 7.26. The second kappa shape index (κ2) is 8.86. The normalized spacial score (nSPS) is 10.4. The Morgan fingerprint density at radius 3 is 2.29 bits per heavy atom. The monoisotopic (exact) mass is 380 g/mol. The minimum absolute atomic E-state index is 0.154. The molecule has 6 nitrogen and oxygen atoms in total. The third-order valence-corrected chi connectivity index (χ3v) is 6.03. The van der Waals surface area contributed by atoms with E-state index in [1.54, 1.807) is 36.0 Å². The molecule has 0 aliphatic carbocycles. The highest BCUT2D eigenvalue weighted by molar-refractivity contribution is 8.03. The van der Waals surface area contributed by atoms with Crippen LogP contribution in [0.4, 0.5) is 5.69 Å². The van der Waals surface area contributed by atoms with Crippen molar-refractivity contribution in [1.29, 1.82) is 0 Å². The number of rotatable bonds is 8. The topological polar surface area (TPSA) is 98.0 Å². The minimum Gasteiger partial charge on any atom is -0.366 e. The highest BCUT2D eigenvalue weighted by atomic mass is 32.2. The molecule has 0 atom stereocenters. The zero-order valence-electron chi connectivity index (χ0n) is 12.9. The molecule has 1 heterocycles. The fourth-order valence-electron chi connectivity index (χ4n) is 1.54. The van der Waals surface area contributed by atoms with Crippen molar-refractivity contribution in [3.8, 4) is 0 Å². The van der Waals surface area contributed by atoms with Gasteiger partial charge in [-0.25, -0.2) is 0 Å². The summed E-state index contributed by atoms with van der Waals surface area (Å²) in [5, 5.41) is 10.9. The highest BCUT2D eigenvalue weighted by Crippen LogP contribution is 2.29. The van der Waals surface area contributed by atoms with Crippen molar-refractivity contribution in [3.63, 3.8) is 0 Å². The first kappa shape index (κ1) is 18.5. The van der Waals surface area contributed by atoms with E-state index in [1.165, 1.54) is 23.1 Å². The van der Waals surface area contributed by atoms with Crippen LogP contribution in [0.15, 0.2) is 45.1 Å². The lowest BCUT2D eigenvalue weighted by Crippen LogP contribution is -2.14. The molecular formula is C15H16N4O2S3. The van der Waals surface area contributed by atoms with Crippen LogP contribution in [-0.4, -0.2) is 33.5 Å². The smallest absolute Gasteiger partial charge is 0.248 e. The quantitative estimate of drug-likeness (QED) is 0.539. The summed E-state index contributed by atoms with van der Waals surface area (Å²) in [6.07, 6.45) is 0. The van der Waals surface area contributed by atoms with Crippen molar-refractivity contribution >= 4 is 52.4 Å². The van der Waals surface area contributed by atoms with E-state index in [0.717, 1.165) is 20.0 Å². The third kappa shape index (κ3) is 5.99. The van der Waals surface area contributed by atoms with Crippen molar-refractivity contribution in [1.82, 2.24) is 10.2 Å². The SMILES string of the molecule is C=C(C)CSc1nnc(SCC(=O)Nc2ccc(C(N)=O)cc2)s1. The van der Waals surface area contributed by atoms with Crippen molar-refractivity contribution < 1.29 is 9.59 Å². The molecule has 0 bridgehead atoms. The molecule has 0 saturated carbocycles. The number of nitrogens with zero attached hydrogens (tertiary/aromatic N) is 2. The van der Waals surface area contributed by atoms with Gasteiger partial charge in [0.2, 0.25) is 11.8 Å². The molecular weight excluding hydrogens is 364 g/mol. The fourth-order valence-corrected chi connectivity index (χ4v) is 4.20. The number of amides is 2. The van der Waals surface area contributed by atoms with E-state index in [4.69, 9.17) is 5.73 Å². The van der Waals surface area contributed by atoms with Gasteiger partial charge in [0.05, 0.1) is 5.75 Å². The number of anilines is 1. The van der Waals surface area contributed by atoms with Gasteiger partial charge in [0.25, 0.3) is 0 Å². The lowest BCUT2D eigenvalue weighted by atomic mass is 10.2. The summed E-state index contributed by atoms with van der Waals surface area (Å²) in [7, 11) is 0. The van der Waals surface area contributed by atoms with E-state index in [-0.39, 0.29) is 11.7 Å². The zero-order valence-corrected chi connectivity index (χ0v) is 15.4. The number of hydrogen-bond acceptors (Lipinski definition) is 7. The summed E-state index contributed by atoms with van der Waals surface area (Å²) in [5.74, 6) is 0.386. The Morgan fingerprint density at radius 2 is 1.75 bits per heavy atom. The molecule has 24 heavy (non-hydrogen) atoms. The van der Waals surface area contributed by atoms with Crippen LogP contribution in [0.3, 0.4) is 0 Å². The van der Waals surface area contributed by atoms with Gasteiger partial charge < -0.3 is 11.1 Å². The van der Waals surface area contributed by atoms with E-state index in [2.05, 4.69) is 22.1 Å². The molecule has 0 aliphatic rings. The molecule has 0 radical (unpaired) electrons. The third-order valence-electron chi connectivity index (χ3n) is 2.61. The van der Waals surface area contributed by atoms with Crippen molar-refractivity contribution in [2.75, 3.05) is 16.8 Å². The molecule has 1 aromatic carbocycles. The Kier molecular flexibility index (Phi) is 6.83. The first-order chi connectivity index (χ1) is 11.4. The van der Waals surface area contributed by atoms with Crippen LogP contribution in [0, 0.1) is 0 Å². The van der Waals surface area contributed by atoms with E-state index in [1.807, 2.05) is 6.92 Å². The Labute approximate surface area is 152 Å². The second-order valence-electron chi connectivity index (χ2n) is 4.86. The maximum atomic E-state index is 11.9. The number of hydrogen-bond donors (Lipinski definition) is 2. The second-order valence-corrected chi connectivity index (χ2v) is 8.28. The molecule has 0 aliphatic heterocycles. The highest BCUT2D eigenvalue weighted by Gasteiger charge is 2.09. The Morgan fingerprint density at radius 1 is 1.17 bits per heavy atom. The van der Waals surface area contributed by atoms with Crippen molar-refractivity contribution in [2.45, 2.75) is 15.6 Å². The number of nitrogens with one attached hydrogen (secondary N) is 1. The molecule has 3 N–H and O–H groups in total. The Bertz CT molecular complexity index is 743. The van der Waals surface area contributed by atoms with Gasteiger partial charge in [0, 0.05) is 17.0 Å². The van der Waals surface area contributed by atoms with Crippen LogP contribution in [-0.2, 0) is 4.79 Å². The van der Waals surface area contributed by atoms with Crippen LogP contribution in [0.25, 0.3) is 0 Å². The minimum atomic E-state index is -0.500. The zero-order chi connectivity index (χ0) is 17.5. The van der Waals surface area contributed by atoms with Gasteiger partial charge >= 0.3 is 0 Å². The Balaban J connectivity index is 1.80. The number of carbonyl (C=O) groups excluding carboxylic acids is 2. The van der Waals surface area contributed by atoms with Gasteiger partial charge in [-0.2, -0.15) is 0 Å². The molecule has 2 rings (SSSR count). The number of primary amides is 1. The van der Waals surface area contributed by atoms with Crippen LogP contribution in [0.1, 0.15) is 17.3 Å².